The zero-order chi connectivity index (χ0) is 15.5. The first-order valence-corrected chi connectivity index (χ1v) is 9.59. The molecular formula is C15H18BrNO2S2. The monoisotopic (exact) mass is 387 g/mol. The van der Waals surface area contributed by atoms with Crippen molar-refractivity contribution in [1.29, 1.82) is 0 Å². The van der Waals surface area contributed by atoms with Crippen molar-refractivity contribution in [2.75, 3.05) is 12.9 Å². The number of thiazole rings is 1. The van der Waals surface area contributed by atoms with E-state index in [4.69, 9.17) is 4.74 Å². The fourth-order valence-electron chi connectivity index (χ4n) is 1.97. The third-order valence-electron chi connectivity index (χ3n) is 3.37. The normalized spacial score (nSPS) is 14.1. The van der Waals surface area contributed by atoms with Gasteiger partial charge in [0.05, 0.1) is 21.8 Å². The standard InChI is InChI=1S/C15H18BrNO2S2/c1-4-19-14(18)15(2,20-3)8-7-13-17-11-6-5-10(16)9-12(11)21-13/h5-6,9H,4,7-8H2,1-3H3. The maximum absolute atomic E-state index is 12.1. The molecule has 0 spiro atoms. The van der Waals surface area contributed by atoms with E-state index in [1.807, 2.05) is 32.2 Å². The van der Waals surface area contributed by atoms with Gasteiger partial charge in [-0.25, -0.2) is 4.98 Å². The molecule has 114 valence electrons. The highest BCUT2D eigenvalue weighted by molar-refractivity contribution is 9.10. The number of rotatable bonds is 6. The highest BCUT2D eigenvalue weighted by Crippen LogP contribution is 2.32. The van der Waals surface area contributed by atoms with Gasteiger partial charge in [0.25, 0.3) is 0 Å². The second kappa shape index (κ2) is 7.11. The number of carbonyl (C=O) groups is 1. The molecule has 0 amide bonds. The van der Waals surface area contributed by atoms with Gasteiger partial charge >= 0.3 is 5.97 Å². The molecule has 1 aromatic heterocycles. The molecule has 0 bridgehead atoms. The van der Waals surface area contributed by atoms with Crippen LogP contribution in [0.2, 0.25) is 0 Å². The first kappa shape index (κ1) is 16.8. The maximum atomic E-state index is 12.1. The molecule has 1 aromatic carbocycles. The second-order valence-electron chi connectivity index (χ2n) is 4.88. The van der Waals surface area contributed by atoms with Crippen LogP contribution in [0.5, 0.6) is 0 Å². The minimum absolute atomic E-state index is 0.138. The van der Waals surface area contributed by atoms with E-state index >= 15 is 0 Å². The number of thioether (sulfide) groups is 1. The number of halogens is 1. The van der Waals surface area contributed by atoms with E-state index in [-0.39, 0.29) is 5.97 Å². The summed E-state index contributed by atoms with van der Waals surface area (Å²) in [5.74, 6) is -0.138. The Morgan fingerprint density at radius 3 is 2.95 bits per heavy atom. The third kappa shape index (κ3) is 3.99. The van der Waals surface area contributed by atoms with Crippen LogP contribution in [0.1, 0.15) is 25.3 Å². The van der Waals surface area contributed by atoms with Gasteiger partial charge in [0.1, 0.15) is 4.75 Å². The Balaban J connectivity index is 2.10. The summed E-state index contributed by atoms with van der Waals surface area (Å²) < 4.78 is 6.90. The van der Waals surface area contributed by atoms with Crippen molar-refractivity contribution in [1.82, 2.24) is 4.98 Å². The molecule has 0 fully saturated rings. The van der Waals surface area contributed by atoms with Gasteiger partial charge in [0, 0.05) is 10.9 Å². The summed E-state index contributed by atoms with van der Waals surface area (Å²) in [6.45, 7) is 4.20. The predicted molar refractivity (Wildman–Crippen MR) is 94.2 cm³/mol. The number of hydrogen-bond donors (Lipinski definition) is 0. The summed E-state index contributed by atoms with van der Waals surface area (Å²) in [5, 5.41) is 1.06. The number of aromatic nitrogens is 1. The number of fused-ring (bicyclic) bond motifs is 1. The molecule has 0 radical (unpaired) electrons. The lowest BCUT2D eigenvalue weighted by Crippen LogP contribution is -2.34. The van der Waals surface area contributed by atoms with Crippen LogP contribution >= 0.6 is 39.0 Å². The average Bonchev–Trinajstić information content (AvgIpc) is 2.87. The lowest BCUT2D eigenvalue weighted by Gasteiger charge is -2.24. The molecule has 21 heavy (non-hydrogen) atoms. The summed E-state index contributed by atoms with van der Waals surface area (Å²) in [4.78, 5) is 16.7. The zero-order valence-electron chi connectivity index (χ0n) is 12.3. The minimum Gasteiger partial charge on any atom is -0.465 e. The van der Waals surface area contributed by atoms with Gasteiger partial charge in [0.15, 0.2) is 0 Å². The highest BCUT2D eigenvalue weighted by atomic mass is 79.9. The van der Waals surface area contributed by atoms with Crippen LogP contribution in [0.4, 0.5) is 0 Å². The van der Waals surface area contributed by atoms with E-state index in [2.05, 4.69) is 27.0 Å². The maximum Gasteiger partial charge on any atom is 0.321 e. The number of carbonyl (C=O) groups excluding carboxylic acids is 1. The van der Waals surface area contributed by atoms with Crippen molar-refractivity contribution in [2.24, 2.45) is 0 Å². The molecule has 0 saturated carbocycles. The molecular weight excluding hydrogens is 370 g/mol. The molecule has 0 aliphatic heterocycles. The molecule has 1 unspecified atom stereocenters. The summed E-state index contributed by atoms with van der Waals surface area (Å²) in [6, 6.07) is 6.09. The fraction of sp³-hybridized carbons (Fsp3) is 0.467. The summed E-state index contributed by atoms with van der Waals surface area (Å²) in [6.07, 6.45) is 3.47. The Kier molecular flexibility index (Phi) is 5.68. The van der Waals surface area contributed by atoms with Crippen molar-refractivity contribution in [3.05, 3.63) is 27.7 Å². The molecule has 2 aromatic rings. The quantitative estimate of drug-likeness (QED) is 0.674. The van der Waals surface area contributed by atoms with E-state index in [1.54, 1.807) is 23.1 Å². The van der Waals surface area contributed by atoms with Gasteiger partial charge in [-0.05, 0) is 44.7 Å². The van der Waals surface area contributed by atoms with Crippen molar-refractivity contribution in [2.45, 2.75) is 31.4 Å². The van der Waals surface area contributed by atoms with Gasteiger partial charge in [0.2, 0.25) is 0 Å². The molecule has 0 aliphatic carbocycles. The first-order valence-electron chi connectivity index (χ1n) is 6.76. The average molecular weight is 388 g/mol. The fourth-order valence-corrected chi connectivity index (χ4v) is 4.02. The third-order valence-corrected chi connectivity index (χ3v) is 6.21. The number of hydrogen-bond acceptors (Lipinski definition) is 5. The van der Waals surface area contributed by atoms with Crippen LogP contribution in [0, 0.1) is 0 Å². The SMILES string of the molecule is CCOC(=O)C(C)(CCc1nc2ccc(Br)cc2s1)SC. The molecule has 2 rings (SSSR count). The van der Waals surface area contributed by atoms with Crippen molar-refractivity contribution < 1.29 is 9.53 Å². The van der Waals surface area contributed by atoms with E-state index in [0.29, 0.717) is 6.61 Å². The zero-order valence-corrected chi connectivity index (χ0v) is 15.5. The second-order valence-corrected chi connectivity index (χ2v) is 8.22. The topological polar surface area (TPSA) is 39.2 Å². The summed E-state index contributed by atoms with van der Waals surface area (Å²) in [5.41, 5.74) is 1.01. The van der Waals surface area contributed by atoms with E-state index in [1.165, 1.54) is 4.70 Å². The van der Waals surface area contributed by atoms with Crippen molar-refractivity contribution in [3.8, 4) is 0 Å². The number of aryl methyl sites for hydroxylation is 1. The van der Waals surface area contributed by atoms with Crippen LogP contribution in [-0.4, -0.2) is 28.6 Å². The Morgan fingerprint density at radius 2 is 2.29 bits per heavy atom. The molecule has 6 heteroatoms. The lowest BCUT2D eigenvalue weighted by molar-refractivity contribution is -0.145. The van der Waals surface area contributed by atoms with Gasteiger partial charge < -0.3 is 4.74 Å². The smallest absolute Gasteiger partial charge is 0.321 e. The minimum atomic E-state index is -0.506. The van der Waals surface area contributed by atoms with Gasteiger partial charge in [-0.2, -0.15) is 0 Å². The number of esters is 1. The molecule has 0 saturated heterocycles. The van der Waals surface area contributed by atoms with E-state index in [0.717, 1.165) is 27.8 Å². The Bertz CT molecular complexity index is 644. The van der Waals surface area contributed by atoms with Crippen LogP contribution < -0.4 is 0 Å². The van der Waals surface area contributed by atoms with E-state index < -0.39 is 4.75 Å². The van der Waals surface area contributed by atoms with Crippen LogP contribution in [0.15, 0.2) is 22.7 Å². The van der Waals surface area contributed by atoms with E-state index in [9.17, 15) is 4.79 Å². The number of benzene rings is 1. The largest absolute Gasteiger partial charge is 0.465 e. The van der Waals surface area contributed by atoms with Crippen LogP contribution in [0.25, 0.3) is 10.2 Å². The number of ether oxygens (including phenoxy) is 1. The summed E-state index contributed by atoms with van der Waals surface area (Å²) in [7, 11) is 0. The highest BCUT2D eigenvalue weighted by Gasteiger charge is 2.33. The molecule has 1 atom stereocenters. The van der Waals surface area contributed by atoms with Crippen molar-refractivity contribution in [3.63, 3.8) is 0 Å². The Morgan fingerprint density at radius 1 is 1.52 bits per heavy atom. The van der Waals surface area contributed by atoms with Crippen LogP contribution in [-0.2, 0) is 16.0 Å². The molecule has 0 N–H and O–H groups in total. The first-order chi connectivity index (χ1) is 9.98. The predicted octanol–water partition coefficient (Wildman–Crippen LogP) is 4.68. The van der Waals surface area contributed by atoms with Crippen LogP contribution in [0.3, 0.4) is 0 Å². The molecule has 1 heterocycles. The Labute approximate surface area is 141 Å². The van der Waals surface area contributed by atoms with Crippen molar-refractivity contribution >= 4 is 55.2 Å². The molecule has 3 nitrogen and oxygen atoms in total. The van der Waals surface area contributed by atoms with Gasteiger partial charge in [-0.1, -0.05) is 15.9 Å². The Hall–Kier alpha value is -0.590. The van der Waals surface area contributed by atoms with Gasteiger partial charge in [-0.3, -0.25) is 4.79 Å². The number of nitrogens with zero attached hydrogens (tertiary/aromatic N) is 1. The molecule has 0 aliphatic rings. The summed E-state index contributed by atoms with van der Waals surface area (Å²) >= 11 is 6.70. The lowest BCUT2D eigenvalue weighted by atomic mass is 10.1. The van der Waals surface area contributed by atoms with Gasteiger partial charge in [-0.15, -0.1) is 23.1 Å².